The Balaban J connectivity index is 1.30. The van der Waals surface area contributed by atoms with Crippen LogP contribution < -0.4 is 26.4 Å². The summed E-state index contributed by atoms with van der Waals surface area (Å²) in [4.78, 5) is 56.9. The van der Waals surface area contributed by atoms with E-state index in [0.717, 1.165) is 10.1 Å². The quantitative estimate of drug-likeness (QED) is 0.357. The van der Waals surface area contributed by atoms with Crippen LogP contribution in [-0.2, 0) is 4.79 Å². The summed E-state index contributed by atoms with van der Waals surface area (Å²) in [5.41, 5.74) is 5.10. The van der Waals surface area contributed by atoms with Gasteiger partial charge < -0.3 is 26.0 Å². The molecule has 5 N–H and O–H groups in total. The number of amidine groups is 1. The van der Waals surface area contributed by atoms with Gasteiger partial charge in [-0.25, -0.2) is 4.79 Å². The lowest BCUT2D eigenvalue weighted by molar-refractivity contribution is -0.125. The van der Waals surface area contributed by atoms with Gasteiger partial charge >= 0.3 is 6.03 Å². The second-order valence-corrected chi connectivity index (χ2v) is 10.3. The van der Waals surface area contributed by atoms with Gasteiger partial charge in [-0.15, -0.1) is 11.3 Å². The number of benzene rings is 2. The summed E-state index contributed by atoms with van der Waals surface area (Å²) in [7, 11) is 0. The highest BCUT2D eigenvalue weighted by atomic mass is 32.1. The van der Waals surface area contributed by atoms with Crippen molar-refractivity contribution in [2.45, 2.75) is 25.3 Å². The molecule has 0 radical (unpaired) electrons. The highest BCUT2D eigenvalue weighted by molar-refractivity contribution is 7.23. The zero-order chi connectivity index (χ0) is 27.6. The van der Waals surface area contributed by atoms with Crippen molar-refractivity contribution in [2.75, 3.05) is 31.6 Å². The number of piperidine rings is 1. The second kappa shape index (κ2) is 10.7. The average Bonchev–Trinajstić information content (AvgIpc) is 3.44. The van der Waals surface area contributed by atoms with Gasteiger partial charge in [0.25, 0.3) is 17.7 Å². The van der Waals surface area contributed by atoms with Crippen LogP contribution in [-0.4, -0.2) is 66.3 Å². The van der Waals surface area contributed by atoms with E-state index in [-0.39, 0.29) is 30.0 Å². The van der Waals surface area contributed by atoms with Gasteiger partial charge in [0, 0.05) is 29.7 Å². The van der Waals surface area contributed by atoms with Crippen LogP contribution in [0.15, 0.2) is 53.5 Å². The monoisotopic (exact) mass is 548 g/mol. The van der Waals surface area contributed by atoms with Crippen LogP contribution in [0.25, 0.3) is 10.1 Å². The van der Waals surface area contributed by atoms with Gasteiger partial charge in [-0.1, -0.05) is 30.3 Å². The number of anilines is 1. The molecule has 1 fully saturated rings. The van der Waals surface area contributed by atoms with Gasteiger partial charge in [0.1, 0.15) is 28.7 Å². The molecule has 2 aliphatic heterocycles. The number of rotatable bonds is 7. The van der Waals surface area contributed by atoms with Crippen LogP contribution in [0.2, 0.25) is 0 Å². The number of thiophene rings is 1. The Kier molecular flexibility index (Phi) is 7.20. The first-order valence-electron chi connectivity index (χ1n) is 12.6. The number of amides is 5. The number of aliphatic imine (C=N–C) groups is 1. The topological polar surface area (TPSA) is 155 Å². The lowest BCUT2D eigenvalue weighted by Gasteiger charge is -2.35. The van der Waals surface area contributed by atoms with Crippen molar-refractivity contribution in [3.8, 4) is 5.75 Å². The van der Waals surface area contributed by atoms with E-state index in [4.69, 9.17) is 10.5 Å². The molecule has 5 rings (SSSR count). The van der Waals surface area contributed by atoms with Crippen molar-refractivity contribution in [1.29, 1.82) is 0 Å². The normalized spacial score (nSPS) is 16.1. The van der Waals surface area contributed by atoms with E-state index < -0.39 is 11.4 Å². The third-order valence-electron chi connectivity index (χ3n) is 6.80. The van der Waals surface area contributed by atoms with Crippen molar-refractivity contribution < 1.29 is 23.9 Å². The average molecular weight is 549 g/mol. The summed E-state index contributed by atoms with van der Waals surface area (Å²) >= 11 is 1.35. The molecule has 0 saturated carbocycles. The minimum Gasteiger partial charge on any atom is -0.485 e. The predicted molar refractivity (Wildman–Crippen MR) is 148 cm³/mol. The van der Waals surface area contributed by atoms with E-state index in [1.54, 1.807) is 29.2 Å². The molecule has 1 aromatic heterocycles. The SMILES string of the molecule is CCNC(=O)Nc1sc2ccccc2c1C(=O)N1CCC2(CC1)N=C(COc1ccccc1C(N)=O)NC2=O. The molecule has 1 spiro atoms. The molecule has 0 bridgehead atoms. The van der Waals surface area contributed by atoms with Crippen molar-refractivity contribution in [3.05, 3.63) is 59.7 Å². The van der Waals surface area contributed by atoms with Gasteiger partial charge in [0.05, 0.1) is 11.1 Å². The number of likely N-dealkylation sites (tertiary alicyclic amines) is 1. The Hall–Kier alpha value is -4.45. The fraction of sp³-hybridized carbons (Fsp3) is 0.296. The molecule has 2 aromatic carbocycles. The smallest absolute Gasteiger partial charge is 0.319 e. The number of urea groups is 1. The largest absolute Gasteiger partial charge is 0.485 e. The summed E-state index contributed by atoms with van der Waals surface area (Å²) in [6, 6.07) is 13.7. The lowest BCUT2D eigenvalue weighted by atomic mass is 9.87. The molecule has 2 aliphatic rings. The molecule has 202 valence electrons. The first kappa shape index (κ1) is 26.2. The minimum absolute atomic E-state index is 0.0316. The number of nitrogens with one attached hydrogen (secondary N) is 3. The fourth-order valence-electron chi connectivity index (χ4n) is 4.83. The van der Waals surface area contributed by atoms with Gasteiger partial charge in [-0.3, -0.25) is 24.7 Å². The summed E-state index contributed by atoms with van der Waals surface area (Å²) in [6.07, 6.45) is 0.681. The Morgan fingerprint density at radius 2 is 1.85 bits per heavy atom. The highest BCUT2D eigenvalue weighted by Crippen LogP contribution is 2.38. The third kappa shape index (κ3) is 5.15. The van der Waals surface area contributed by atoms with E-state index in [1.807, 2.05) is 31.2 Å². The zero-order valence-electron chi connectivity index (χ0n) is 21.3. The third-order valence-corrected chi connectivity index (χ3v) is 7.88. The summed E-state index contributed by atoms with van der Waals surface area (Å²) in [5.74, 6) is -0.391. The number of hydrogen-bond donors (Lipinski definition) is 4. The molecule has 11 nitrogen and oxygen atoms in total. The molecular formula is C27H28N6O5S. The number of carbonyl (C=O) groups excluding carboxylic acids is 4. The number of nitrogens with two attached hydrogens (primary N) is 1. The first-order valence-corrected chi connectivity index (χ1v) is 13.4. The summed E-state index contributed by atoms with van der Waals surface area (Å²) in [6.45, 7) is 2.88. The van der Waals surface area contributed by atoms with E-state index in [2.05, 4.69) is 20.9 Å². The maximum atomic E-state index is 13.7. The molecule has 39 heavy (non-hydrogen) atoms. The number of carbonyl (C=O) groups is 4. The van der Waals surface area contributed by atoms with Crippen LogP contribution in [0.5, 0.6) is 5.75 Å². The Bertz CT molecular complexity index is 1490. The van der Waals surface area contributed by atoms with E-state index in [9.17, 15) is 19.2 Å². The number of nitrogens with zero attached hydrogens (tertiary/aromatic N) is 2. The first-order chi connectivity index (χ1) is 18.8. The highest BCUT2D eigenvalue weighted by Gasteiger charge is 2.46. The number of fused-ring (bicyclic) bond motifs is 1. The summed E-state index contributed by atoms with van der Waals surface area (Å²) < 4.78 is 6.62. The Labute approximate surface area is 228 Å². The van der Waals surface area contributed by atoms with Crippen molar-refractivity contribution in [3.63, 3.8) is 0 Å². The minimum atomic E-state index is -0.989. The molecule has 12 heteroatoms. The predicted octanol–water partition coefficient (Wildman–Crippen LogP) is 2.72. The van der Waals surface area contributed by atoms with Crippen LogP contribution in [0.3, 0.4) is 0 Å². The second-order valence-electron chi connectivity index (χ2n) is 9.27. The van der Waals surface area contributed by atoms with Crippen LogP contribution in [0, 0.1) is 0 Å². The van der Waals surface area contributed by atoms with E-state index in [1.165, 1.54) is 11.3 Å². The van der Waals surface area contributed by atoms with Crippen molar-refractivity contribution in [2.24, 2.45) is 10.7 Å². The number of primary amides is 1. The molecule has 0 aliphatic carbocycles. The Morgan fingerprint density at radius 3 is 2.59 bits per heavy atom. The van der Waals surface area contributed by atoms with Crippen LogP contribution in [0.4, 0.5) is 9.80 Å². The Morgan fingerprint density at radius 1 is 1.13 bits per heavy atom. The number of ether oxygens (including phenoxy) is 1. The standard InChI is InChI=1S/C27H28N6O5S/c1-2-29-26(37)31-23-21(17-8-4-6-10-19(17)39-23)24(35)33-13-11-27(12-14-33)25(36)30-20(32-27)15-38-18-9-5-3-7-16(18)22(28)34/h3-10H,2,11-15H2,1H3,(H2,28,34)(H2,29,31,37)(H,30,32,36). The molecule has 0 unspecified atom stereocenters. The van der Waals surface area contributed by atoms with E-state index >= 15 is 0 Å². The van der Waals surface area contributed by atoms with Gasteiger partial charge in [-0.05, 0) is 38.0 Å². The summed E-state index contributed by atoms with van der Waals surface area (Å²) in [5, 5.41) is 9.55. The molecule has 3 heterocycles. The zero-order valence-corrected chi connectivity index (χ0v) is 22.1. The maximum Gasteiger partial charge on any atom is 0.319 e. The van der Waals surface area contributed by atoms with Crippen LogP contribution in [0.1, 0.15) is 40.5 Å². The fourth-order valence-corrected chi connectivity index (χ4v) is 5.92. The number of hydrogen-bond acceptors (Lipinski definition) is 7. The van der Waals surface area contributed by atoms with E-state index in [0.29, 0.717) is 54.6 Å². The van der Waals surface area contributed by atoms with Crippen molar-refractivity contribution >= 4 is 56.0 Å². The lowest BCUT2D eigenvalue weighted by Crippen LogP contribution is -2.50. The maximum absolute atomic E-state index is 13.7. The number of para-hydroxylation sites is 1. The molecular weight excluding hydrogens is 520 g/mol. The van der Waals surface area contributed by atoms with Gasteiger partial charge in [0.15, 0.2) is 0 Å². The molecule has 0 atom stereocenters. The molecule has 1 saturated heterocycles. The molecule has 3 aromatic rings. The molecule has 5 amide bonds. The van der Waals surface area contributed by atoms with Crippen LogP contribution >= 0.6 is 11.3 Å². The van der Waals surface area contributed by atoms with Gasteiger partial charge in [0.2, 0.25) is 0 Å². The van der Waals surface area contributed by atoms with Crippen molar-refractivity contribution in [1.82, 2.24) is 15.5 Å². The van der Waals surface area contributed by atoms with Gasteiger partial charge in [-0.2, -0.15) is 0 Å².